The Hall–Kier alpha value is -1.30. The molecule has 0 aliphatic carbocycles. The van der Waals surface area contributed by atoms with Crippen molar-refractivity contribution in [3.05, 3.63) is 0 Å². The maximum Gasteiger partial charge on any atom is 0.223 e. The Morgan fingerprint density at radius 3 is 3.00 bits per heavy atom. The molecule has 0 aromatic heterocycles. The van der Waals surface area contributed by atoms with Gasteiger partial charge in [0.05, 0.1) is 12.8 Å². The summed E-state index contributed by atoms with van der Waals surface area (Å²) in [7, 11) is 0. The van der Waals surface area contributed by atoms with E-state index in [1.807, 2.05) is 4.90 Å². The van der Waals surface area contributed by atoms with Gasteiger partial charge in [0.1, 0.15) is 0 Å². The molecule has 0 N–H and O–H groups in total. The highest BCUT2D eigenvalue weighted by Gasteiger charge is 2.18. The fourth-order valence-corrected chi connectivity index (χ4v) is 1.80. The van der Waals surface area contributed by atoms with E-state index in [4.69, 9.17) is 0 Å². The van der Waals surface area contributed by atoms with Crippen molar-refractivity contribution in [2.24, 2.45) is 4.99 Å². The SMILES string of the molecule is CCCCCCN=CC#CCN1CCCC1=O. The van der Waals surface area contributed by atoms with Crippen LogP contribution in [-0.2, 0) is 4.79 Å². The van der Waals surface area contributed by atoms with Gasteiger partial charge in [0, 0.05) is 19.5 Å². The van der Waals surface area contributed by atoms with Crippen LogP contribution in [0, 0.1) is 11.8 Å². The van der Waals surface area contributed by atoms with Gasteiger partial charge in [-0.1, -0.05) is 38.0 Å². The summed E-state index contributed by atoms with van der Waals surface area (Å²) in [4.78, 5) is 17.3. The lowest BCUT2D eigenvalue weighted by atomic mass is 10.2. The lowest BCUT2D eigenvalue weighted by molar-refractivity contribution is -0.127. The maximum absolute atomic E-state index is 11.3. The van der Waals surface area contributed by atoms with Crippen LogP contribution in [0.25, 0.3) is 0 Å². The topological polar surface area (TPSA) is 32.7 Å². The summed E-state index contributed by atoms with van der Waals surface area (Å²) in [5.41, 5.74) is 0. The molecule has 0 saturated carbocycles. The van der Waals surface area contributed by atoms with Crippen molar-refractivity contribution >= 4 is 12.1 Å². The van der Waals surface area contributed by atoms with Crippen molar-refractivity contribution in [2.45, 2.75) is 45.4 Å². The number of hydrogen-bond acceptors (Lipinski definition) is 2. The molecule has 0 aromatic carbocycles. The number of aliphatic imine (C=N–C) groups is 1. The fraction of sp³-hybridized carbons (Fsp3) is 0.714. The van der Waals surface area contributed by atoms with E-state index in [0.29, 0.717) is 13.0 Å². The summed E-state index contributed by atoms with van der Waals surface area (Å²) in [6, 6.07) is 0. The zero-order chi connectivity index (χ0) is 12.3. The van der Waals surface area contributed by atoms with Gasteiger partial charge in [0.15, 0.2) is 0 Å². The van der Waals surface area contributed by atoms with Crippen LogP contribution in [0.15, 0.2) is 4.99 Å². The minimum atomic E-state index is 0.232. The number of carbonyl (C=O) groups is 1. The van der Waals surface area contributed by atoms with E-state index in [1.54, 1.807) is 6.21 Å². The average molecular weight is 234 g/mol. The quantitative estimate of drug-likeness (QED) is 0.394. The van der Waals surface area contributed by atoms with Crippen molar-refractivity contribution in [3.8, 4) is 11.8 Å². The summed E-state index contributed by atoms with van der Waals surface area (Å²) >= 11 is 0. The van der Waals surface area contributed by atoms with E-state index in [9.17, 15) is 4.79 Å². The van der Waals surface area contributed by atoms with E-state index in [-0.39, 0.29) is 5.91 Å². The highest BCUT2D eigenvalue weighted by Crippen LogP contribution is 2.07. The molecule has 1 rings (SSSR count). The third-order valence-corrected chi connectivity index (χ3v) is 2.84. The fourth-order valence-electron chi connectivity index (χ4n) is 1.80. The number of hydrogen-bond donors (Lipinski definition) is 0. The molecular weight excluding hydrogens is 212 g/mol. The Morgan fingerprint density at radius 2 is 2.29 bits per heavy atom. The Morgan fingerprint density at radius 1 is 1.41 bits per heavy atom. The van der Waals surface area contributed by atoms with Crippen LogP contribution in [0.1, 0.15) is 45.4 Å². The molecule has 3 heteroatoms. The lowest BCUT2D eigenvalue weighted by Gasteiger charge is -2.09. The molecule has 1 heterocycles. The highest BCUT2D eigenvalue weighted by molar-refractivity contribution is 5.80. The molecule has 94 valence electrons. The summed E-state index contributed by atoms with van der Waals surface area (Å²) in [6.07, 6.45) is 8.29. The molecule has 1 fully saturated rings. The molecule has 1 aliphatic heterocycles. The van der Waals surface area contributed by atoms with Gasteiger partial charge in [-0.15, -0.1) is 0 Å². The molecule has 3 nitrogen and oxygen atoms in total. The van der Waals surface area contributed by atoms with Crippen molar-refractivity contribution in [1.82, 2.24) is 4.90 Å². The normalized spacial score (nSPS) is 15.4. The number of amides is 1. The van der Waals surface area contributed by atoms with Gasteiger partial charge in [0.25, 0.3) is 0 Å². The molecule has 0 radical (unpaired) electrons. The van der Waals surface area contributed by atoms with Crippen LogP contribution in [0.3, 0.4) is 0 Å². The second-order valence-electron chi connectivity index (χ2n) is 4.34. The number of nitrogens with zero attached hydrogens (tertiary/aromatic N) is 2. The van der Waals surface area contributed by atoms with Gasteiger partial charge in [0.2, 0.25) is 5.91 Å². The zero-order valence-electron chi connectivity index (χ0n) is 10.7. The Labute approximate surface area is 104 Å². The standard InChI is InChI=1S/C14H22N2O/c1-2-3-4-5-10-15-11-6-7-12-16-13-8-9-14(16)17/h11H,2-5,8-10,12-13H2,1H3. The third-order valence-electron chi connectivity index (χ3n) is 2.84. The zero-order valence-corrected chi connectivity index (χ0v) is 10.7. The summed E-state index contributed by atoms with van der Waals surface area (Å²) < 4.78 is 0. The van der Waals surface area contributed by atoms with Crippen LogP contribution in [-0.4, -0.2) is 36.7 Å². The number of rotatable bonds is 6. The third kappa shape index (κ3) is 6.11. The smallest absolute Gasteiger partial charge is 0.223 e. The number of likely N-dealkylation sites (tertiary alicyclic amines) is 1. The minimum Gasteiger partial charge on any atom is -0.332 e. The first-order valence-corrected chi connectivity index (χ1v) is 6.59. The lowest BCUT2D eigenvalue weighted by Crippen LogP contribution is -2.24. The van der Waals surface area contributed by atoms with Gasteiger partial charge in [-0.05, 0) is 12.8 Å². The first kappa shape index (κ1) is 13.8. The highest BCUT2D eigenvalue weighted by atomic mass is 16.2. The van der Waals surface area contributed by atoms with Crippen molar-refractivity contribution in [3.63, 3.8) is 0 Å². The number of carbonyl (C=O) groups excluding carboxylic acids is 1. The molecule has 0 aromatic rings. The van der Waals surface area contributed by atoms with Gasteiger partial charge < -0.3 is 4.90 Å². The first-order chi connectivity index (χ1) is 8.34. The second-order valence-corrected chi connectivity index (χ2v) is 4.34. The van der Waals surface area contributed by atoms with Crippen LogP contribution in [0.5, 0.6) is 0 Å². The summed E-state index contributed by atoms with van der Waals surface area (Å²) in [6.45, 7) is 4.49. The molecule has 1 saturated heterocycles. The van der Waals surface area contributed by atoms with Crippen LogP contribution >= 0.6 is 0 Å². The van der Waals surface area contributed by atoms with Crippen LogP contribution in [0.4, 0.5) is 0 Å². The molecule has 1 aliphatic rings. The van der Waals surface area contributed by atoms with Crippen molar-refractivity contribution in [1.29, 1.82) is 0 Å². The van der Waals surface area contributed by atoms with E-state index in [1.165, 1.54) is 19.3 Å². The van der Waals surface area contributed by atoms with E-state index in [2.05, 4.69) is 23.8 Å². The van der Waals surface area contributed by atoms with E-state index >= 15 is 0 Å². The van der Waals surface area contributed by atoms with Gasteiger partial charge in [-0.3, -0.25) is 9.79 Å². The molecule has 0 unspecified atom stereocenters. The Bertz CT molecular complexity index is 312. The second kappa shape index (κ2) is 8.81. The van der Waals surface area contributed by atoms with Crippen molar-refractivity contribution in [2.75, 3.05) is 19.6 Å². The molecular formula is C14H22N2O. The average Bonchev–Trinajstić information content (AvgIpc) is 2.73. The first-order valence-electron chi connectivity index (χ1n) is 6.59. The largest absolute Gasteiger partial charge is 0.332 e. The maximum atomic E-state index is 11.3. The van der Waals surface area contributed by atoms with E-state index < -0.39 is 0 Å². The summed E-state index contributed by atoms with van der Waals surface area (Å²) in [5.74, 6) is 6.09. The Kier molecular flexibility index (Phi) is 7.13. The molecule has 17 heavy (non-hydrogen) atoms. The summed E-state index contributed by atoms with van der Waals surface area (Å²) in [5, 5.41) is 0. The van der Waals surface area contributed by atoms with Crippen LogP contribution in [0.2, 0.25) is 0 Å². The van der Waals surface area contributed by atoms with Gasteiger partial charge >= 0.3 is 0 Å². The molecule has 0 spiro atoms. The monoisotopic (exact) mass is 234 g/mol. The number of unbranched alkanes of at least 4 members (excludes halogenated alkanes) is 3. The van der Waals surface area contributed by atoms with Gasteiger partial charge in [-0.2, -0.15) is 0 Å². The minimum absolute atomic E-state index is 0.232. The molecule has 1 amide bonds. The molecule has 0 atom stereocenters. The molecule has 0 bridgehead atoms. The predicted octanol–water partition coefficient (Wildman–Crippen LogP) is 2.26. The van der Waals surface area contributed by atoms with E-state index in [0.717, 1.165) is 25.9 Å². The van der Waals surface area contributed by atoms with Crippen LogP contribution < -0.4 is 0 Å². The van der Waals surface area contributed by atoms with Crippen molar-refractivity contribution < 1.29 is 4.79 Å². The Balaban J connectivity index is 2.05. The predicted molar refractivity (Wildman–Crippen MR) is 71.1 cm³/mol. The van der Waals surface area contributed by atoms with Gasteiger partial charge in [-0.25, -0.2) is 0 Å².